The predicted molar refractivity (Wildman–Crippen MR) is 58.0 cm³/mol. The highest BCUT2D eigenvalue weighted by Crippen LogP contribution is 2.22. The number of carboxylic acid groups (broad SMARTS) is 1. The van der Waals surface area contributed by atoms with E-state index < -0.39 is 5.97 Å². The van der Waals surface area contributed by atoms with Crippen LogP contribution in [0.1, 0.15) is 16.3 Å². The van der Waals surface area contributed by atoms with Crippen LogP contribution >= 0.6 is 11.6 Å². The quantitative estimate of drug-likeness (QED) is 0.846. The van der Waals surface area contributed by atoms with Crippen LogP contribution in [0.3, 0.4) is 0 Å². The lowest BCUT2D eigenvalue weighted by Gasteiger charge is -1.99. The second kappa shape index (κ2) is 4.11. The Balaban J connectivity index is 2.76. The molecule has 0 atom stereocenters. The monoisotopic (exact) mass is 240 g/mol. The smallest absolute Gasteiger partial charge is 0.356 e. The second-order valence-electron chi connectivity index (χ2n) is 3.23. The van der Waals surface area contributed by atoms with Gasteiger partial charge in [0.15, 0.2) is 5.69 Å². The lowest BCUT2D eigenvalue weighted by molar-refractivity contribution is 0.0693. The Bertz CT molecular complexity index is 550. The molecule has 0 fully saturated rings. The number of carboxylic acids is 1. The zero-order chi connectivity index (χ0) is 11.7. The maximum atomic E-state index is 11.0. The number of aromatic nitrogens is 2. The van der Waals surface area contributed by atoms with E-state index in [1.165, 1.54) is 0 Å². The van der Waals surface area contributed by atoms with Gasteiger partial charge in [0.1, 0.15) is 5.82 Å². The number of aliphatic hydroxyl groups is 1. The van der Waals surface area contributed by atoms with Gasteiger partial charge in [0.05, 0.1) is 17.1 Å². The minimum Gasteiger partial charge on any atom is -0.476 e. The third kappa shape index (κ3) is 1.64. The molecule has 2 heterocycles. The molecule has 2 N–H and O–H groups in total. The Hall–Kier alpha value is -1.59. The number of carbonyl (C=O) groups is 1. The zero-order valence-electron chi connectivity index (χ0n) is 8.22. The summed E-state index contributed by atoms with van der Waals surface area (Å²) in [4.78, 5) is 14.9. The SMILES string of the molecule is O=C(O)c1nc(CCO)n2cccc(Cl)c12. The number of pyridine rings is 1. The summed E-state index contributed by atoms with van der Waals surface area (Å²) in [6.07, 6.45) is 1.96. The van der Waals surface area contributed by atoms with Gasteiger partial charge in [-0.3, -0.25) is 0 Å². The fraction of sp³-hybridized carbons (Fsp3) is 0.200. The van der Waals surface area contributed by atoms with Crippen LogP contribution in [-0.4, -0.2) is 32.2 Å². The number of imidazole rings is 1. The minimum atomic E-state index is -1.13. The number of nitrogens with zero attached hydrogens (tertiary/aromatic N) is 2. The molecule has 0 saturated carbocycles. The Kier molecular flexibility index (Phi) is 2.80. The third-order valence-corrected chi connectivity index (χ3v) is 2.53. The summed E-state index contributed by atoms with van der Waals surface area (Å²) in [6.45, 7) is -0.0926. The van der Waals surface area contributed by atoms with Gasteiger partial charge in [-0.25, -0.2) is 9.78 Å². The fourth-order valence-corrected chi connectivity index (χ4v) is 1.84. The van der Waals surface area contributed by atoms with Crippen molar-refractivity contribution in [1.82, 2.24) is 9.38 Å². The van der Waals surface area contributed by atoms with Crippen molar-refractivity contribution in [1.29, 1.82) is 0 Å². The predicted octanol–water partition coefficient (Wildman–Crippen LogP) is 1.22. The molecule has 0 aliphatic heterocycles. The standard InChI is InChI=1S/C10H9ClN2O3/c11-6-2-1-4-13-7(3-5-14)12-8(9(6)13)10(15)16/h1-2,4,14H,3,5H2,(H,15,16). The number of halogens is 1. The molecule has 0 aliphatic rings. The summed E-state index contributed by atoms with van der Waals surface area (Å²) < 4.78 is 1.59. The maximum absolute atomic E-state index is 11.0. The lowest BCUT2D eigenvalue weighted by atomic mass is 10.3. The van der Waals surface area contributed by atoms with Crippen LogP contribution in [0.25, 0.3) is 5.52 Å². The first kappa shape index (κ1) is 10.9. The van der Waals surface area contributed by atoms with E-state index in [-0.39, 0.29) is 18.7 Å². The largest absolute Gasteiger partial charge is 0.476 e. The van der Waals surface area contributed by atoms with E-state index in [0.29, 0.717) is 16.4 Å². The van der Waals surface area contributed by atoms with Crippen LogP contribution in [0.5, 0.6) is 0 Å². The summed E-state index contributed by atoms with van der Waals surface area (Å²) in [5.41, 5.74) is 0.272. The number of hydrogen-bond acceptors (Lipinski definition) is 3. The molecule has 0 aliphatic carbocycles. The highest BCUT2D eigenvalue weighted by Gasteiger charge is 2.18. The maximum Gasteiger partial charge on any atom is 0.356 e. The number of aromatic carboxylic acids is 1. The molecule has 0 spiro atoms. The van der Waals surface area contributed by atoms with Gasteiger partial charge in [0.2, 0.25) is 0 Å². The molecule has 2 aromatic rings. The van der Waals surface area contributed by atoms with Crippen LogP contribution in [0.15, 0.2) is 18.3 Å². The van der Waals surface area contributed by atoms with Crippen molar-refractivity contribution in [3.63, 3.8) is 0 Å². The second-order valence-corrected chi connectivity index (χ2v) is 3.64. The molecule has 0 unspecified atom stereocenters. The van der Waals surface area contributed by atoms with Gasteiger partial charge in [0, 0.05) is 12.6 Å². The zero-order valence-corrected chi connectivity index (χ0v) is 8.98. The van der Waals surface area contributed by atoms with Crippen molar-refractivity contribution in [2.45, 2.75) is 6.42 Å². The van der Waals surface area contributed by atoms with Gasteiger partial charge in [-0.15, -0.1) is 0 Å². The molecule has 0 amide bonds. The van der Waals surface area contributed by atoms with Crippen LogP contribution in [0.2, 0.25) is 5.02 Å². The summed E-state index contributed by atoms with van der Waals surface area (Å²) in [5.74, 6) is -0.646. The van der Waals surface area contributed by atoms with Crippen LogP contribution < -0.4 is 0 Å². The molecule has 2 rings (SSSR count). The topological polar surface area (TPSA) is 74.8 Å². The van der Waals surface area contributed by atoms with E-state index in [2.05, 4.69) is 4.98 Å². The number of fused-ring (bicyclic) bond motifs is 1. The Morgan fingerprint density at radius 2 is 2.31 bits per heavy atom. The van der Waals surface area contributed by atoms with Gasteiger partial charge in [-0.2, -0.15) is 0 Å². The Morgan fingerprint density at radius 3 is 2.94 bits per heavy atom. The van der Waals surface area contributed by atoms with Crippen molar-refractivity contribution >= 4 is 23.1 Å². The van der Waals surface area contributed by atoms with Crippen LogP contribution in [0, 0.1) is 0 Å². The lowest BCUT2D eigenvalue weighted by Crippen LogP contribution is -1.98. The first-order chi connectivity index (χ1) is 7.65. The van der Waals surface area contributed by atoms with Gasteiger partial charge >= 0.3 is 5.97 Å². The number of hydrogen-bond donors (Lipinski definition) is 2. The third-order valence-electron chi connectivity index (χ3n) is 2.23. The van der Waals surface area contributed by atoms with Gasteiger partial charge in [0.25, 0.3) is 0 Å². The molecule has 0 bridgehead atoms. The van der Waals surface area contributed by atoms with E-state index >= 15 is 0 Å². The molecular weight excluding hydrogens is 232 g/mol. The van der Waals surface area contributed by atoms with E-state index in [4.69, 9.17) is 21.8 Å². The molecule has 16 heavy (non-hydrogen) atoms. The van der Waals surface area contributed by atoms with Crippen molar-refractivity contribution in [2.24, 2.45) is 0 Å². The Labute approximate surface area is 95.9 Å². The first-order valence-electron chi connectivity index (χ1n) is 4.64. The van der Waals surface area contributed by atoms with Crippen LogP contribution in [0.4, 0.5) is 0 Å². The van der Waals surface area contributed by atoms with Crippen molar-refractivity contribution in [2.75, 3.05) is 6.61 Å². The summed E-state index contributed by atoms with van der Waals surface area (Å²) in [5, 5.41) is 18.2. The number of rotatable bonds is 3. The van der Waals surface area contributed by atoms with Gasteiger partial charge in [-0.05, 0) is 12.1 Å². The highest BCUT2D eigenvalue weighted by atomic mass is 35.5. The molecule has 0 radical (unpaired) electrons. The molecule has 0 aromatic carbocycles. The fourth-order valence-electron chi connectivity index (χ4n) is 1.59. The van der Waals surface area contributed by atoms with Crippen molar-refractivity contribution in [3.05, 3.63) is 34.9 Å². The van der Waals surface area contributed by atoms with E-state index in [1.807, 2.05) is 0 Å². The Morgan fingerprint density at radius 1 is 1.56 bits per heavy atom. The molecule has 5 nitrogen and oxygen atoms in total. The van der Waals surface area contributed by atoms with Crippen molar-refractivity contribution in [3.8, 4) is 0 Å². The molecule has 6 heteroatoms. The first-order valence-corrected chi connectivity index (χ1v) is 5.02. The highest BCUT2D eigenvalue weighted by molar-refractivity contribution is 6.34. The van der Waals surface area contributed by atoms with Gasteiger partial charge < -0.3 is 14.6 Å². The molecule has 2 aromatic heterocycles. The average molecular weight is 241 g/mol. The van der Waals surface area contributed by atoms with E-state index in [9.17, 15) is 4.79 Å². The average Bonchev–Trinajstić information content (AvgIpc) is 2.60. The number of aliphatic hydroxyl groups excluding tert-OH is 1. The minimum absolute atomic E-state index is 0.0888. The molecule has 0 saturated heterocycles. The summed E-state index contributed by atoms with van der Waals surface area (Å²) in [6, 6.07) is 3.30. The summed E-state index contributed by atoms with van der Waals surface area (Å²) in [7, 11) is 0. The summed E-state index contributed by atoms with van der Waals surface area (Å²) >= 11 is 5.93. The van der Waals surface area contributed by atoms with E-state index in [0.717, 1.165) is 0 Å². The van der Waals surface area contributed by atoms with Crippen molar-refractivity contribution < 1.29 is 15.0 Å². The van der Waals surface area contributed by atoms with E-state index in [1.54, 1.807) is 22.7 Å². The van der Waals surface area contributed by atoms with Gasteiger partial charge in [-0.1, -0.05) is 11.6 Å². The molecule has 84 valence electrons. The van der Waals surface area contributed by atoms with Crippen LogP contribution in [-0.2, 0) is 6.42 Å². The molecular formula is C10H9ClN2O3. The normalized spacial score (nSPS) is 10.9.